The smallest absolute Gasteiger partial charge is 0.387 e. The zero-order chi connectivity index (χ0) is 17.8. The highest BCUT2D eigenvalue weighted by atomic mass is 32.1. The lowest BCUT2D eigenvalue weighted by molar-refractivity contribution is -0.117. The van der Waals surface area contributed by atoms with Gasteiger partial charge < -0.3 is 15.4 Å². The average Bonchev–Trinajstić information content (AvgIpc) is 3.33. The van der Waals surface area contributed by atoms with Crippen LogP contribution in [0.4, 0.5) is 13.8 Å². The van der Waals surface area contributed by atoms with Crippen molar-refractivity contribution in [3.05, 3.63) is 46.8 Å². The molecule has 0 unspecified atom stereocenters. The van der Waals surface area contributed by atoms with E-state index < -0.39 is 6.61 Å². The summed E-state index contributed by atoms with van der Waals surface area (Å²) in [6.07, 6.45) is 1.84. The highest BCUT2D eigenvalue weighted by molar-refractivity contribution is 7.18. The van der Waals surface area contributed by atoms with E-state index in [1.54, 1.807) is 24.3 Å². The number of nitrogens with one attached hydrogen (secondary N) is 2. The van der Waals surface area contributed by atoms with Gasteiger partial charge >= 0.3 is 6.61 Å². The highest BCUT2D eigenvalue weighted by Crippen LogP contribution is 2.31. The first kappa shape index (κ1) is 17.3. The van der Waals surface area contributed by atoms with Crippen LogP contribution in [0.3, 0.4) is 0 Å². The Hall–Kier alpha value is -2.48. The fourth-order valence-corrected chi connectivity index (χ4v) is 2.98. The molecule has 2 aromatic rings. The van der Waals surface area contributed by atoms with Crippen molar-refractivity contribution in [2.45, 2.75) is 26.0 Å². The number of alkyl halides is 2. The minimum atomic E-state index is -2.86. The maximum Gasteiger partial charge on any atom is 0.387 e. The van der Waals surface area contributed by atoms with E-state index in [2.05, 4.69) is 15.4 Å². The van der Waals surface area contributed by atoms with Gasteiger partial charge in [0.15, 0.2) is 0 Å². The average molecular weight is 366 g/mol. The van der Waals surface area contributed by atoms with Gasteiger partial charge in [0, 0.05) is 12.5 Å². The first-order valence-electron chi connectivity index (χ1n) is 7.74. The predicted octanol–water partition coefficient (Wildman–Crippen LogP) is 3.63. The van der Waals surface area contributed by atoms with Gasteiger partial charge in [0.05, 0.1) is 9.88 Å². The summed E-state index contributed by atoms with van der Waals surface area (Å²) < 4.78 is 28.4. The van der Waals surface area contributed by atoms with E-state index in [1.807, 2.05) is 0 Å². The molecule has 132 valence electrons. The Morgan fingerprint density at radius 1 is 1.16 bits per heavy atom. The number of thiophene rings is 1. The molecule has 1 fully saturated rings. The van der Waals surface area contributed by atoms with Crippen molar-refractivity contribution < 1.29 is 23.1 Å². The maximum absolute atomic E-state index is 12.1. The first-order chi connectivity index (χ1) is 12.0. The number of carbonyl (C=O) groups is 2. The minimum absolute atomic E-state index is 0.0000792. The fraction of sp³-hybridized carbons (Fsp3) is 0.294. The van der Waals surface area contributed by atoms with Gasteiger partial charge in [-0.1, -0.05) is 12.1 Å². The lowest BCUT2D eigenvalue weighted by Gasteiger charge is -2.07. The number of rotatable bonds is 7. The van der Waals surface area contributed by atoms with Gasteiger partial charge in [-0.05, 0) is 42.7 Å². The van der Waals surface area contributed by atoms with Gasteiger partial charge in [0.25, 0.3) is 5.91 Å². The molecule has 2 N–H and O–H groups in total. The number of amides is 2. The summed E-state index contributed by atoms with van der Waals surface area (Å²) in [5, 5.41) is 6.19. The summed E-state index contributed by atoms with van der Waals surface area (Å²) in [7, 11) is 0. The van der Waals surface area contributed by atoms with E-state index in [-0.39, 0.29) is 30.0 Å². The molecular formula is C17H16F2N2O3S. The quantitative estimate of drug-likeness (QED) is 0.786. The molecule has 0 bridgehead atoms. The van der Waals surface area contributed by atoms with Gasteiger partial charge in [-0.15, -0.1) is 11.3 Å². The standard InChI is InChI=1S/C17H16F2N2O3S/c18-17(19)24-12-5-1-10(2-6-12)9-20-16(23)13-7-8-14(25-13)21-15(22)11-3-4-11/h1-2,5-8,11,17H,3-4,9H2,(H,20,23)(H,21,22). The third-order valence-corrected chi connectivity index (χ3v) is 4.63. The second kappa shape index (κ2) is 7.60. The molecule has 0 aliphatic heterocycles. The number of hydrogen-bond acceptors (Lipinski definition) is 4. The molecule has 25 heavy (non-hydrogen) atoms. The summed E-state index contributed by atoms with van der Waals surface area (Å²) in [6.45, 7) is -2.60. The Labute approximate surface area is 147 Å². The van der Waals surface area contributed by atoms with Crippen LogP contribution in [0.2, 0.25) is 0 Å². The maximum atomic E-state index is 12.1. The Kier molecular flexibility index (Phi) is 5.28. The fourth-order valence-electron chi connectivity index (χ4n) is 2.15. The Balaban J connectivity index is 1.50. The van der Waals surface area contributed by atoms with Crippen molar-refractivity contribution in [1.82, 2.24) is 5.32 Å². The van der Waals surface area contributed by atoms with Crippen LogP contribution < -0.4 is 15.4 Å². The van der Waals surface area contributed by atoms with Gasteiger partial charge in [-0.2, -0.15) is 8.78 Å². The Morgan fingerprint density at radius 3 is 2.52 bits per heavy atom. The van der Waals surface area contributed by atoms with Crippen LogP contribution in [-0.4, -0.2) is 18.4 Å². The van der Waals surface area contributed by atoms with Gasteiger partial charge in [0.2, 0.25) is 5.91 Å². The number of carbonyl (C=O) groups excluding carboxylic acids is 2. The van der Waals surface area contributed by atoms with Gasteiger partial charge in [-0.3, -0.25) is 9.59 Å². The third-order valence-electron chi connectivity index (χ3n) is 3.63. The Morgan fingerprint density at radius 2 is 1.88 bits per heavy atom. The van der Waals surface area contributed by atoms with E-state index in [9.17, 15) is 18.4 Å². The van der Waals surface area contributed by atoms with Crippen molar-refractivity contribution >= 4 is 28.2 Å². The summed E-state index contributed by atoms with van der Waals surface area (Å²) >= 11 is 1.21. The lowest BCUT2D eigenvalue weighted by Crippen LogP contribution is -2.21. The van der Waals surface area contributed by atoms with Crippen molar-refractivity contribution in [2.24, 2.45) is 5.92 Å². The van der Waals surface area contributed by atoms with E-state index in [0.29, 0.717) is 9.88 Å². The summed E-state index contributed by atoms with van der Waals surface area (Å²) in [5.74, 6) is -0.0829. The molecule has 0 atom stereocenters. The molecule has 1 aromatic carbocycles. The van der Waals surface area contributed by atoms with E-state index in [4.69, 9.17) is 0 Å². The molecule has 1 saturated carbocycles. The van der Waals surface area contributed by atoms with Crippen LogP contribution in [0.25, 0.3) is 0 Å². The van der Waals surface area contributed by atoms with E-state index in [0.717, 1.165) is 18.4 Å². The summed E-state index contributed by atoms with van der Waals surface area (Å²) in [5.41, 5.74) is 0.758. The zero-order valence-electron chi connectivity index (χ0n) is 13.1. The third kappa shape index (κ3) is 4.99. The normalized spacial score (nSPS) is 13.6. The van der Waals surface area contributed by atoms with E-state index in [1.165, 1.54) is 23.5 Å². The number of halogens is 2. The predicted molar refractivity (Wildman–Crippen MR) is 89.9 cm³/mol. The molecule has 0 saturated heterocycles. The molecule has 1 aromatic heterocycles. The number of ether oxygens (including phenoxy) is 1. The van der Waals surface area contributed by atoms with Crippen LogP contribution in [0.5, 0.6) is 5.75 Å². The molecule has 1 heterocycles. The topological polar surface area (TPSA) is 67.4 Å². The van der Waals surface area contributed by atoms with Gasteiger partial charge in [-0.25, -0.2) is 0 Å². The summed E-state index contributed by atoms with van der Waals surface area (Å²) in [6, 6.07) is 9.41. The van der Waals surface area contributed by atoms with Crippen molar-refractivity contribution in [3.8, 4) is 5.75 Å². The van der Waals surface area contributed by atoms with Crippen molar-refractivity contribution in [2.75, 3.05) is 5.32 Å². The van der Waals surface area contributed by atoms with E-state index >= 15 is 0 Å². The molecular weight excluding hydrogens is 350 g/mol. The van der Waals surface area contributed by atoms with Crippen LogP contribution >= 0.6 is 11.3 Å². The van der Waals surface area contributed by atoms with Gasteiger partial charge in [0.1, 0.15) is 5.75 Å². The van der Waals surface area contributed by atoms with Crippen LogP contribution in [0.15, 0.2) is 36.4 Å². The number of anilines is 1. The molecule has 8 heteroatoms. The van der Waals surface area contributed by atoms with Crippen molar-refractivity contribution in [3.63, 3.8) is 0 Å². The molecule has 2 amide bonds. The molecule has 1 aliphatic rings. The van der Waals surface area contributed by atoms with Crippen molar-refractivity contribution in [1.29, 1.82) is 0 Å². The SMILES string of the molecule is O=C(NCc1ccc(OC(F)F)cc1)c1ccc(NC(=O)C2CC2)s1. The lowest BCUT2D eigenvalue weighted by atomic mass is 10.2. The van der Waals surface area contributed by atoms with Crippen LogP contribution in [0.1, 0.15) is 28.1 Å². The van der Waals surface area contributed by atoms with Crippen LogP contribution in [-0.2, 0) is 11.3 Å². The Bertz CT molecular complexity index is 758. The number of hydrogen-bond donors (Lipinski definition) is 2. The largest absolute Gasteiger partial charge is 0.435 e. The molecule has 0 spiro atoms. The summed E-state index contributed by atoms with van der Waals surface area (Å²) in [4.78, 5) is 24.3. The van der Waals surface area contributed by atoms with Crippen LogP contribution in [0, 0.1) is 5.92 Å². The molecule has 1 aliphatic carbocycles. The second-order valence-corrected chi connectivity index (χ2v) is 6.72. The molecule has 3 rings (SSSR count). The number of benzene rings is 1. The monoisotopic (exact) mass is 366 g/mol. The zero-order valence-corrected chi connectivity index (χ0v) is 13.9. The minimum Gasteiger partial charge on any atom is -0.435 e. The molecule has 5 nitrogen and oxygen atoms in total. The second-order valence-electron chi connectivity index (χ2n) is 5.63. The molecule has 0 radical (unpaired) electrons. The highest BCUT2D eigenvalue weighted by Gasteiger charge is 2.29. The first-order valence-corrected chi connectivity index (χ1v) is 8.55.